The Morgan fingerprint density at radius 2 is 1.51 bits per heavy atom. The first-order chi connectivity index (χ1) is 18.1. The van der Waals surface area contributed by atoms with Gasteiger partial charge in [-0.15, -0.1) is 0 Å². The second kappa shape index (κ2) is 9.60. The highest BCUT2D eigenvalue weighted by Gasteiger charge is 2.25. The van der Waals surface area contributed by atoms with Crippen LogP contribution in [0.15, 0.2) is 103 Å². The number of aromatic nitrogens is 2. The van der Waals surface area contributed by atoms with Gasteiger partial charge in [-0.3, -0.25) is 9.69 Å². The Morgan fingerprint density at radius 1 is 0.811 bits per heavy atom. The highest BCUT2D eigenvalue weighted by atomic mass is 32.1. The van der Waals surface area contributed by atoms with E-state index in [9.17, 15) is 4.79 Å². The molecule has 0 aliphatic carbocycles. The van der Waals surface area contributed by atoms with Crippen LogP contribution in [0.3, 0.4) is 0 Å². The second-order valence-corrected chi connectivity index (χ2v) is 10.2. The summed E-state index contributed by atoms with van der Waals surface area (Å²) in [6, 6.07) is 34.0. The number of nitrogens with zero attached hydrogens (tertiary/aromatic N) is 3. The summed E-state index contributed by atoms with van der Waals surface area (Å²) in [5.74, 6) is -0.0898. The van der Waals surface area contributed by atoms with Crippen LogP contribution in [0.2, 0.25) is 0 Å². The normalized spacial score (nSPS) is 11.2. The van der Waals surface area contributed by atoms with E-state index in [4.69, 9.17) is 9.97 Å². The molecule has 0 N–H and O–H groups in total. The predicted octanol–water partition coefficient (Wildman–Crippen LogP) is 7.98. The van der Waals surface area contributed by atoms with Gasteiger partial charge >= 0.3 is 0 Å². The molecule has 0 atom stereocenters. The molecule has 0 aliphatic heterocycles. The molecule has 2 heterocycles. The van der Waals surface area contributed by atoms with E-state index in [0.717, 1.165) is 43.5 Å². The van der Waals surface area contributed by atoms with Gasteiger partial charge in [-0.2, -0.15) is 0 Å². The van der Waals surface area contributed by atoms with Crippen LogP contribution < -0.4 is 4.90 Å². The number of pyridine rings is 1. The minimum absolute atomic E-state index is 0.0898. The maximum absolute atomic E-state index is 14.4. The van der Waals surface area contributed by atoms with Gasteiger partial charge in [-0.25, -0.2) is 9.97 Å². The van der Waals surface area contributed by atoms with Gasteiger partial charge in [0.2, 0.25) is 0 Å². The smallest absolute Gasteiger partial charge is 0.261 e. The maximum atomic E-state index is 14.4. The van der Waals surface area contributed by atoms with Crippen LogP contribution in [0.1, 0.15) is 27.0 Å². The Hall–Kier alpha value is -4.35. The van der Waals surface area contributed by atoms with Crippen LogP contribution in [-0.4, -0.2) is 15.9 Å². The van der Waals surface area contributed by atoms with Gasteiger partial charge in [0.05, 0.1) is 33.5 Å². The summed E-state index contributed by atoms with van der Waals surface area (Å²) in [6.45, 7) is 4.61. The molecule has 1 amide bonds. The average Bonchev–Trinajstić information content (AvgIpc) is 3.39. The Balaban J connectivity index is 1.53. The van der Waals surface area contributed by atoms with Gasteiger partial charge in [0.25, 0.3) is 5.91 Å². The molecule has 0 unspecified atom stereocenters. The van der Waals surface area contributed by atoms with Crippen LogP contribution in [0.4, 0.5) is 5.13 Å². The van der Waals surface area contributed by atoms with Crippen LogP contribution >= 0.6 is 11.3 Å². The van der Waals surface area contributed by atoms with E-state index in [1.54, 1.807) is 11.3 Å². The summed E-state index contributed by atoms with van der Waals surface area (Å²) < 4.78 is 1.08. The van der Waals surface area contributed by atoms with Crippen molar-refractivity contribution in [2.45, 2.75) is 20.4 Å². The zero-order chi connectivity index (χ0) is 25.4. The molecule has 5 heteroatoms. The Morgan fingerprint density at radius 3 is 2.30 bits per heavy atom. The van der Waals surface area contributed by atoms with E-state index >= 15 is 0 Å². The lowest BCUT2D eigenvalue weighted by molar-refractivity contribution is 0.0986. The summed E-state index contributed by atoms with van der Waals surface area (Å²) in [4.78, 5) is 26.1. The summed E-state index contributed by atoms with van der Waals surface area (Å²) in [7, 11) is 0. The number of fused-ring (bicyclic) bond motifs is 2. The lowest BCUT2D eigenvalue weighted by Crippen LogP contribution is -2.30. The standard InChI is InChI=1S/C32H25N3OS/c1-21-17-18-29-30(22(21)2)34-32(37-29)35(20-23-11-5-3-6-12-23)31(36)26-19-28(24-13-7-4-8-14-24)33-27-16-10-9-15-25(26)27/h3-19H,20H2,1-2H3. The number of rotatable bonds is 5. The maximum Gasteiger partial charge on any atom is 0.261 e. The number of hydrogen-bond acceptors (Lipinski definition) is 4. The third-order valence-electron chi connectivity index (χ3n) is 6.75. The molecule has 0 radical (unpaired) electrons. The van der Waals surface area contributed by atoms with Gasteiger partial charge in [0.1, 0.15) is 0 Å². The van der Waals surface area contributed by atoms with Crippen molar-refractivity contribution in [3.8, 4) is 11.3 Å². The number of para-hydroxylation sites is 1. The number of benzene rings is 4. The zero-order valence-electron chi connectivity index (χ0n) is 20.7. The first kappa shape index (κ1) is 23.1. The number of amides is 1. The van der Waals surface area contributed by atoms with Gasteiger partial charge in [0, 0.05) is 10.9 Å². The third kappa shape index (κ3) is 4.39. The van der Waals surface area contributed by atoms with Crippen molar-refractivity contribution in [1.29, 1.82) is 0 Å². The Kier molecular flexibility index (Phi) is 5.99. The molecule has 0 aliphatic rings. The summed E-state index contributed by atoms with van der Waals surface area (Å²) in [5, 5.41) is 1.53. The summed E-state index contributed by atoms with van der Waals surface area (Å²) in [6.07, 6.45) is 0. The monoisotopic (exact) mass is 499 g/mol. The number of hydrogen-bond donors (Lipinski definition) is 0. The van der Waals surface area contributed by atoms with Crippen molar-refractivity contribution in [3.05, 3.63) is 125 Å². The molecule has 6 aromatic rings. The third-order valence-corrected chi connectivity index (χ3v) is 7.79. The molecule has 0 spiro atoms. The number of carbonyl (C=O) groups is 1. The van der Waals surface area contributed by atoms with E-state index < -0.39 is 0 Å². The summed E-state index contributed by atoms with van der Waals surface area (Å²) >= 11 is 1.55. The largest absolute Gasteiger partial charge is 0.279 e. The van der Waals surface area contributed by atoms with Crippen molar-refractivity contribution in [3.63, 3.8) is 0 Å². The molecule has 0 saturated heterocycles. The van der Waals surface area contributed by atoms with Crippen LogP contribution in [0.25, 0.3) is 32.4 Å². The molecule has 37 heavy (non-hydrogen) atoms. The lowest BCUT2D eigenvalue weighted by Gasteiger charge is -2.21. The average molecular weight is 500 g/mol. The number of aryl methyl sites for hydroxylation is 2. The van der Waals surface area contributed by atoms with Crippen LogP contribution in [0.5, 0.6) is 0 Å². The first-order valence-corrected chi connectivity index (χ1v) is 13.1. The second-order valence-electron chi connectivity index (χ2n) is 9.17. The lowest BCUT2D eigenvalue weighted by atomic mass is 10.0. The van der Waals surface area contributed by atoms with Crippen LogP contribution in [-0.2, 0) is 6.54 Å². The highest BCUT2D eigenvalue weighted by Crippen LogP contribution is 2.35. The van der Waals surface area contributed by atoms with E-state index in [0.29, 0.717) is 17.2 Å². The fourth-order valence-electron chi connectivity index (χ4n) is 4.58. The zero-order valence-corrected chi connectivity index (χ0v) is 21.5. The number of anilines is 1. The molecule has 0 bridgehead atoms. The van der Waals surface area contributed by atoms with Crippen molar-refractivity contribution < 1.29 is 4.79 Å². The number of thiazole rings is 1. The quantitative estimate of drug-likeness (QED) is 0.242. The molecular formula is C32H25N3OS. The predicted molar refractivity (Wildman–Crippen MR) is 153 cm³/mol. The molecule has 2 aromatic heterocycles. The molecule has 6 rings (SSSR count). The Bertz CT molecular complexity index is 1740. The molecule has 4 aromatic carbocycles. The first-order valence-electron chi connectivity index (χ1n) is 12.3. The molecule has 180 valence electrons. The van der Waals surface area contributed by atoms with Crippen molar-refractivity contribution in [1.82, 2.24) is 9.97 Å². The van der Waals surface area contributed by atoms with Gasteiger partial charge < -0.3 is 0 Å². The minimum Gasteiger partial charge on any atom is -0.279 e. The minimum atomic E-state index is -0.0898. The molecule has 0 saturated carbocycles. The van der Waals surface area contributed by atoms with E-state index in [2.05, 4.69) is 26.0 Å². The van der Waals surface area contributed by atoms with Crippen LogP contribution in [0, 0.1) is 13.8 Å². The van der Waals surface area contributed by atoms with Gasteiger partial charge in [-0.05, 0) is 48.7 Å². The number of carbonyl (C=O) groups excluding carboxylic acids is 1. The fourth-order valence-corrected chi connectivity index (χ4v) is 5.60. The van der Waals surface area contributed by atoms with E-state index in [1.165, 1.54) is 5.56 Å². The molecule has 0 fully saturated rings. The SMILES string of the molecule is Cc1ccc2sc(N(Cc3ccccc3)C(=O)c3cc(-c4ccccc4)nc4ccccc34)nc2c1C. The highest BCUT2D eigenvalue weighted by molar-refractivity contribution is 7.22. The topological polar surface area (TPSA) is 46.1 Å². The fraction of sp³-hybridized carbons (Fsp3) is 0.0938. The molecule has 4 nitrogen and oxygen atoms in total. The van der Waals surface area contributed by atoms with E-state index in [1.807, 2.05) is 95.9 Å². The summed E-state index contributed by atoms with van der Waals surface area (Å²) in [5.41, 5.74) is 7.50. The van der Waals surface area contributed by atoms with Crippen molar-refractivity contribution >= 4 is 43.5 Å². The van der Waals surface area contributed by atoms with Crippen molar-refractivity contribution in [2.24, 2.45) is 0 Å². The van der Waals surface area contributed by atoms with Crippen molar-refractivity contribution in [2.75, 3.05) is 4.90 Å². The van der Waals surface area contributed by atoms with E-state index in [-0.39, 0.29) is 5.91 Å². The molecular weight excluding hydrogens is 474 g/mol. The Labute approximate surface area is 219 Å². The van der Waals surface area contributed by atoms with Gasteiger partial charge in [-0.1, -0.05) is 96.3 Å². The van der Waals surface area contributed by atoms with Gasteiger partial charge in [0.15, 0.2) is 5.13 Å².